The molecule has 0 unspecified atom stereocenters. The molecule has 0 bridgehead atoms. The Bertz CT molecular complexity index is 1060. The van der Waals surface area contributed by atoms with E-state index in [1.54, 1.807) is 0 Å². The summed E-state index contributed by atoms with van der Waals surface area (Å²) in [6.45, 7) is 0.994. The first-order chi connectivity index (χ1) is 13.2. The first kappa shape index (κ1) is 20.3. The highest BCUT2D eigenvalue weighted by Crippen LogP contribution is 2.32. The Morgan fingerprint density at radius 1 is 1.18 bits per heavy atom. The number of hydrogen-bond acceptors (Lipinski definition) is 3. The summed E-state index contributed by atoms with van der Waals surface area (Å²) < 4.78 is 53.8. The first-order valence-corrected chi connectivity index (χ1v) is 8.62. The smallest absolute Gasteiger partial charge is 0.280 e. The van der Waals surface area contributed by atoms with Gasteiger partial charge in [0.25, 0.3) is 12.9 Å². The minimum absolute atomic E-state index is 0.0586. The van der Waals surface area contributed by atoms with Crippen LogP contribution in [0.25, 0.3) is 11.0 Å². The molecule has 28 heavy (non-hydrogen) atoms. The molecular formula is C17H12Cl2F4N4O. The lowest BCUT2D eigenvalue weighted by atomic mass is 10.1. The molecular weight excluding hydrogens is 423 g/mol. The second kappa shape index (κ2) is 7.92. The molecule has 11 heteroatoms. The van der Waals surface area contributed by atoms with Gasteiger partial charge in [-0.05, 0) is 31.2 Å². The minimum Gasteiger partial charge on any atom is -0.323 e. The Hall–Kier alpha value is -2.39. The molecule has 1 amide bonds. The van der Waals surface area contributed by atoms with Crippen LogP contribution in [0.1, 0.15) is 29.8 Å². The summed E-state index contributed by atoms with van der Waals surface area (Å²) in [5.41, 5.74) is -1.21. The van der Waals surface area contributed by atoms with Gasteiger partial charge in [-0.15, -0.1) is 0 Å². The molecule has 0 spiro atoms. The fourth-order valence-corrected chi connectivity index (χ4v) is 3.17. The number of benzene rings is 1. The highest BCUT2D eigenvalue weighted by Gasteiger charge is 2.24. The second-order valence-corrected chi connectivity index (χ2v) is 6.70. The van der Waals surface area contributed by atoms with Crippen LogP contribution in [0.4, 0.5) is 23.2 Å². The number of pyridine rings is 1. The molecule has 1 N–H and O–H groups in total. The van der Waals surface area contributed by atoms with E-state index in [9.17, 15) is 22.4 Å². The van der Waals surface area contributed by atoms with Crippen LogP contribution in [0.5, 0.6) is 0 Å². The number of fused-ring (bicyclic) bond motifs is 1. The molecule has 5 nitrogen and oxygen atoms in total. The SMILES string of the molecule is Cc1nn(CC(=O)Nc2ccc(Cl)cc2Cl)c2nc(C(F)F)cc(C(F)F)c12. The Labute approximate surface area is 166 Å². The number of amides is 1. The number of aryl methyl sites for hydroxylation is 1. The monoisotopic (exact) mass is 434 g/mol. The standard InChI is InChI=1S/C17H12Cl2F4N4O/c1-7-14-9(15(20)21)5-12(16(22)23)25-17(14)27(26-7)6-13(28)24-11-3-2-8(18)4-10(11)19/h2-5,15-16H,6H2,1H3,(H,24,28). The second-order valence-electron chi connectivity index (χ2n) is 5.85. The third-order valence-electron chi connectivity index (χ3n) is 3.88. The van der Waals surface area contributed by atoms with Gasteiger partial charge in [0.05, 0.1) is 21.8 Å². The zero-order valence-corrected chi connectivity index (χ0v) is 15.7. The largest absolute Gasteiger partial charge is 0.323 e. The Morgan fingerprint density at radius 2 is 1.89 bits per heavy atom. The number of anilines is 1. The number of rotatable bonds is 5. The fourth-order valence-electron chi connectivity index (χ4n) is 2.72. The first-order valence-electron chi connectivity index (χ1n) is 7.86. The third-order valence-corrected chi connectivity index (χ3v) is 4.43. The lowest BCUT2D eigenvalue weighted by Crippen LogP contribution is -2.20. The molecule has 2 aromatic heterocycles. The van der Waals surface area contributed by atoms with Crippen LogP contribution >= 0.6 is 23.2 Å². The van der Waals surface area contributed by atoms with Gasteiger partial charge in [-0.2, -0.15) is 5.10 Å². The number of hydrogen-bond donors (Lipinski definition) is 1. The molecule has 0 fully saturated rings. The van der Waals surface area contributed by atoms with Crippen LogP contribution < -0.4 is 5.32 Å². The summed E-state index contributed by atoms with van der Waals surface area (Å²) in [5, 5.41) is 7.04. The number of nitrogens with one attached hydrogen (secondary N) is 1. The van der Waals surface area contributed by atoms with Gasteiger partial charge in [-0.1, -0.05) is 23.2 Å². The molecule has 0 atom stereocenters. The van der Waals surface area contributed by atoms with Crippen LogP contribution in [0.3, 0.4) is 0 Å². The van der Waals surface area contributed by atoms with Crippen LogP contribution in [-0.2, 0) is 11.3 Å². The molecule has 3 rings (SSSR count). The van der Waals surface area contributed by atoms with Crippen molar-refractivity contribution >= 4 is 45.8 Å². The molecule has 148 valence electrons. The average Bonchev–Trinajstić information content (AvgIpc) is 2.92. The number of halogens is 6. The number of carbonyl (C=O) groups is 1. The number of carbonyl (C=O) groups excluding carboxylic acids is 1. The van der Waals surface area contributed by atoms with E-state index < -0.39 is 36.6 Å². The van der Waals surface area contributed by atoms with Crippen molar-refractivity contribution in [1.82, 2.24) is 14.8 Å². The molecule has 0 aliphatic heterocycles. The third kappa shape index (κ3) is 4.05. The molecule has 0 aliphatic carbocycles. The maximum Gasteiger partial charge on any atom is 0.280 e. The van der Waals surface area contributed by atoms with Gasteiger partial charge in [-0.3, -0.25) is 4.79 Å². The van der Waals surface area contributed by atoms with E-state index in [4.69, 9.17) is 23.2 Å². The summed E-state index contributed by atoms with van der Waals surface area (Å²) in [4.78, 5) is 16.0. The van der Waals surface area contributed by atoms with E-state index in [2.05, 4.69) is 15.4 Å². The predicted octanol–water partition coefficient (Wildman–Crippen LogP) is 5.56. The van der Waals surface area contributed by atoms with Crippen molar-refractivity contribution in [1.29, 1.82) is 0 Å². The predicted molar refractivity (Wildman–Crippen MR) is 97.3 cm³/mol. The molecule has 0 radical (unpaired) electrons. The Morgan fingerprint density at radius 3 is 2.50 bits per heavy atom. The van der Waals surface area contributed by atoms with Gasteiger partial charge in [-0.25, -0.2) is 27.2 Å². The average molecular weight is 435 g/mol. The molecule has 2 heterocycles. The maximum absolute atomic E-state index is 13.3. The number of nitrogens with zero attached hydrogens (tertiary/aromatic N) is 3. The lowest BCUT2D eigenvalue weighted by Gasteiger charge is -2.09. The zero-order valence-electron chi connectivity index (χ0n) is 14.2. The van der Waals surface area contributed by atoms with Crippen molar-refractivity contribution in [2.24, 2.45) is 0 Å². The Balaban J connectivity index is 1.97. The van der Waals surface area contributed by atoms with Gasteiger partial charge in [0, 0.05) is 10.6 Å². The molecule has 0 saturated heterocycles. The fraction of sp³-hybridized carbons (Fsp3) is 0.235. The molecule has 3 aromatic rings. The van der Waals surface area contributed by atoms with Gasteiger partial charge in [0.2, 0.25) is 5.91 Å². The summed E-state index contributed by atoms with van der Waals surface area (Å²) in [7, 11) is 0. The van der Waals surface area contributed by atoms with E-state index in [1.807, 2.05) is 0 Å². The van der Waals surface area contributed by atoms with Gasteiger partial charge >= 0.3 is 0 Å². The van der Waals surface area contributed by atoms with Crippen molar-refractivity contribution in [2.45, 2.75) is 26.3 Å². The van der Waals surface area contributed by atoms with E-state index in [1.165, 1.54) is 25.1 Å². The highest BCUT2D eigenvalue weighted by atomic mass is 35.5. The van der Waals surface area contributed by atoms with Gasteiger partial charge in [0.15, 0.2) is 5.65 Å². The normalized spacial score (nSPS) is 11.6. The zero-order chi connectivity index (χ0) is 20.6. The molecule has 0 aliphatic rings. The van der Waals surface area contributed by atoms with E-state index >= 15 is 0 Å². The molecule has 0 saturated carbocycles. The van der Waals surface area contributed by atoms with Crippen LogP contribution in [0.15, 0.2) is 24.3 Å². The van der Waals surface area contributed by atoms with Crippen LogP contribution in [0.2, 0.25) is 10.0 Å². The summed E-state index contributed by atoms with van der Waals surface area (Å²) in [6, 6.07) is 5.08. The van der Waals surface area contributed by atoms with Crippen molar-refractivity contribution in [3.05, 3.63) is 51.3 Å². The quantitative estimate of drug-likeness (QED) is 0.534. The van der Waals surface area contributed by atoms with E-state index in [0.717, 1.165) is 4.68 Å². The topological polar surface area (TPSA) is 59.8 Å². The van der Waals surface area contributed by atoms with Crippen molar-refractivity contribution in [3.63, 3.8) is 0 Å². The summed E-state index contributed by atoms with van der Waals surface area (Å²) in [5.74, 6) is -0.600. The van der Waals surface area contributed by atoms with Gasteiger partial charge in [0.1, 0.15) is 12.2 Å². The van der Waals surface area contributed by atoms with Crippen molar-refractivity contribution in [3.8, 4) is 0 Å². The minimum atomic E-state index is -3.05. The van der Waals surface area contributed by atoms with Crippen LogP contribution in [-0.4, -0.2) is 20.7 Å². The van der Waals surface area contributed by atoms with E-state index in [-0.39, 0.29) is 27.4 Å². The molecule has 1 aromatic carbocycles. The summed E-state index contributed by atoms with van der Waals surface area (Å²) >= 11 is 11.8. The summed E-state index contributed by atoms with van der Waals surface area (Å²) in [6.07, 6.45) is -6.05. The number of aromatic nitrogens is 3. The van der Waals surface area contributed by atoms with Crippen LogP contribution in [0, 0.1) is 6.92 Å². The lowest BCUT2D eigenvalue weighted by molar-refractivity contribution is -0.116. The highest BCUT2D eigenvalue weighted by molar-refractivity contribution is 6.36. The van der Waals surface area contributed by atoms with E-state index in [0.29, 0.717) is 11.1 Å². The van der Waals surface area contributed by atoms with Gasteiger partial charge < -0.3 is 5.32 Å². The Kier molecular flexibility index (Phi) is 5.76. The van der Waals surface area contributed by atoms with Crippen molar-refractivity contribution < 1.29 is 22.4 Å². The van der Waals surface area contributed by atoms with Crippen molar-refractivity contribution in [2.75, 3.05) is 5.32 Å². The maximum atomic E-state index is 13.3. The number of alkyl halides is 4.